The molecule has 3 nitrogen and oxygen atoms in total. The van der Waals surface area contributed by atoms with Gasteiger partial charge in [-0.05, 0) is 50.2 Å². The number of imidazole rings is 1. The Morgan fingerprint density at radius 2 is 2.00 bits per heavy atom. The number of rotatable bonds is 1. The summed E-state index contributed by atoms with van der Waals surface area (Å²) in [4.78, 5) is 8.38. The van der Waals surface area contributed by atoms with Crippen molar-refractivity contribution < 1.29 is 0 Å². The van der Waals surface area contributed by atoms with Gasteiger partial charge in [0.25, 0.3) is 0 Å². The van der Waals surface area contributed by atoms with Crippen molar-refractivity contribution in [2.75, 3.05) is 0 Å². The van der Waals surface area contributed by atoms with Crippen LogP contribution in [0.3, 0.4) is 0 Å². The summed E-state index contributed by atoms with van der Waals surface area (Å²) in [5, 5.41) is 3.86. The molecule has 2 aromatic rings. The summed E-state index contributed by atoms with van der Waals surface area (Å²) in [6, 6.07) is 7.51. The molecule has 2 N–H and O–H groups in total. The molecule has 1 aromatic carbocycles. The fourth-order valence-corrected chi connectivity index (χ4v) is 4.07. The van der Waals surface area contributed by atoms with Crippen molar-refractivity contribution in [1.82, 2.24) is 15.3 Å². The molecule has 1 saturated carbocycles. The Morgan fingerprint density at radius 1 is 1.10 bits per heavy atom. The molecular weight excluding hydrogens is 246 g/mol. The zero-order valence-electron chi connectivity index (χ0n) is 12.2. The van der Waals surface area contributed by atoms with Gasteiger partial charge >= 0.3 is 0 Å². The summed E-state index contributed by atoms with van der Waals surface area (Å²) in [5.74, 6) is 2.05. The van der Waals surface area contributed by atoms with Crippen molar-refractivity contribution in [3.05, 3.63) is 29.6 Å². The average molecular weight is 269 g/mol. The van der Waals surface area contributed by atoms with E-state index in [4.69, 9.17) is 4.98 Å². The minimum atomic E-state index is 0.418. The minimum Gasteiger partial charge on any atom is -0.341 e. The van der Waals surface area contributed by atoms with E-state index in [1.807, 2.05) is 0 Å². The lowest BCUT2D eigenvalue weighted by molar-refractivity contribution is 0.174. The van der Waals surface area contributed by atoms with Gasteiger partial charge in [0.05, 0.1) is 17.1 Å². The molecule has 106 valence electrons. The maximum Gasteiger partial charge on any atom is 0.124 e. The SMILES string of the molecule is Cc1cccc2[nH]c(C3CCC4CCCCC4N3)nc12. The highest BCUT2D eigenvalue weighted by Gasteiger charge is 2.33. The largest absolute Gasteiger partial charge is 0.341 e. The van der Waals surface area contributed by atoms with Gasteiger partial charge in [-0.1, -0.05) is 25.0 Å². The Labute approximate surface area is 120 Å². The summed E-state index contributed by atoms with van der Waals surface area (Å²) in [7, 11) is 0. The van der Waals surface area contributed by atoms with Gasteiger partial charge in [0.2, 0.25) is 0 Å². The molecule has 0 radical (unpaired) electrons. The third kappa shape index (κ3) is 2.05. The van der Waals surface area contributed by atoms with Gasteiger partial charge in [0.1, 0.15) is 5.82 Å². The zero-order valence-corrected chi connectivity index (χ0v) is 12.2. The second-order valence-corrected chi connectivity index (χ2v) is 6.54. The van der Waals surface area contributed by atoms with E-state index in [1.54, 1.807) is 0 Å². The number of nitrogens with zero attached hydrogens (tertiary/aromatic N) is 1. The van der Waals surface area contributed by atoms with Crippen molar-refractivity contribution in [2.24, 2.45) is 5.92 Å². The van der Waals surface area contributed by atoms with Crippen LogP contribution in [-0.2, 0) is 0 Å². The number of fused-ring (bicyclic) bond motifs is 2. The van der Waals surface area contributed by atoms with Crippen molar-refractivity contribution in [3.63, 3.8) is 0 Å². The lowest BCUT2D eigenvalue weighted by atomic mass is 9.77. The Balaban J connectivity index is 1.61. The first-order valence-corrected chi connectivity index (χ1v) is 8.02. The van der Waals surface area contributed by atoms with Crippen LogP contribution in [0.1, 0.15) is 56.0 Å². The molecule has 1 aliphatic carbocycles. The number of aromatic amines is 1. The Morgan fingerprint density at radius 3 is 2.90 bits per heavy atom. The van der Waals surface area contributed by atoms with E-state index in [9.17, 15) is 0 Å². The van der Waals surface area contributed by atoms with Gasteiger partial charge in [-0.25, -0.2) is 4.98 Å². The lowest BCUT2D eigenvalue weighted by Gasteiger charge is -2.39. The molecule has 3 unspecified atom stereocenters. The molecule has 1 saturated heterocycles. The summed E-state index contributed by atoms with van der Waals surface area (Å²) < 4.78 is 0. The first-order chi connectivity index (χ1) is 9.81. The molecule has 0 spiro atoms. The quantitative estimate of drug-likeness (QED) is 0.825. The summed E-state index contributed by atoms with van der Waals surface area (Å²) in [6.07, 6.45) is 8.17. The molecule has 1 aromatic heterocycles. The molecule has 3 heteroatoms. The number of aromatic nitrogens is 2. The lowest BCUT2D eigenvalue weighted by Crippen LogP contribution is -2.45. The zero-order chi connectivity index (χ0) is 13.5. The van der Waals surface area contributed by atoms with E-state index in [0.717, 1.165) is 23.3 Å². The van der Waals surface area contributed by atoms with Crippen molar-refractivity contribution in [1.29, 1.82) is 0 Å². The predicted octanol–water partition coefficient (Wildman–Crippen LogP) is 3.85. The number of benzene rings is 1. The number of nitrogens with one attached hydrogen (secondary N) is 2. The van der Waals surface area contributed by atoms with Crippen LogP contribution in [0.2, 0.25) is 0 Å². The number of piperidine rings is 1. The second kappa shape index (κ2) is 4.88. The van der Waals surface area contributed by atoms with Gasteiger partial charge in [-0.15, -0.1) is 0 Å². The van der Waals surface area contributed by atoms with Crippen LogP contribution in [-0.4, -0.2) is 16.0 Å². The number of hydrogen-bond donors (Lipinski definition) is 2. The van der Waals surface area contributed by atoms with E-state index in [0.29, 0.717) is 6.04 Å². The van der Waals surface area contributed by atoms with Gasteiger partial charge in [-0.2, -0.15) is 0 Å². The van der Waals surface area contributed by atoms with Gasteiger partial charge in [0, 0.05) is 6.04 Å². The first kappa shape index (κ1) is 12.4. The maximum absolute atomic E-state index is 4.86. The highest BCUT2D eigenvalue weighted by molar-refractivity contribution is 5.78. The van der Waals surface area contributed by atoms with Crippen LogP contribution >= 0.6 is 0 Å². The molecule has 2 heterocycles. The third-order valence-electron chi connectivity index (χ3n) is 5.21. The third-order valence-corrected chi connectivity index (χ3v) is 5.21. The molecule has 20 heavy (non-hydrogen) atoms. The molecule has 2 fully saturated rings. The van der Waals surface area contributed by atoms with Gasteiger partial charge in [-0.3, -0.25) is 0 Å². The molecule has 0 bridgehead atoms. The summed E-state index contributed by atoms with van der Waals surface area (Å²) >= 11 is 0. The molecule has 0 amide bonds. The predicted molar refractivity (Wildman–Crippen MR) is 81.7 cm³/mol. The number of hydrogen-bond acceptors (Lipinski definition) is 2. The fraction of sp³-hybridized carbons (Fsp3) is 0.588. The maximum atomic E-state index is 4.86. The first-order valence-electron chi connectivity index (χ1n) is 8.02. The van der Waals surface area contributed by atoms with Crippen molar-refractivity contribution in [2.45, 2.75) is 57.5 Å². The van der Waals surface area contributed by atoms with Crippen molar-refractivity contribution in [3.8, 4) is 0 Å². The monoisotopic (exact) mass is 269 g/mol. The van der Waals surface area contributed by atoms with Crippen LogP contribution in [0.5, 0.6) is 0 Å². The van der Waals surface area contributed by atoms with Crippen LogP contribution in [0.15, 0.2) is 18.2 Å². The van der Waals surface area contributed by atoms with Crippen LogP contribution in [0.25, 0.3) is 11.0 Å². The van der Waals surface area contributed by atoms with E-state index in [1.165, 1.54) is 49.6 Å². The van der Waals surface area contributed by atoms with Crippen molar-refractivity contribution >= 4 is 11.0 Å². The number of H-pyrrole nitrogens is 1. The smallest absolute Gasteiger partial charge is 0.124 e. The van der Waals surface area contributed by atoms with Crippen LogP contribution in [0.4, 0.5) is 0 Å². The van der Waals surface area contributed by atoms with E-state index >= 15 is 0 Å². The van der Waals surface area contributed by atoms with Crippen LogP contribution in [0, 0.1) is 12.8 Å². The van der Waals surface area contributed by atoms with Gasteiger partial charge in [0.15, 0.2) is 0 Å². The standard InChI is InChI=1S/C17H23N3/c1-11-5-4-8-14-16(11)20-17(19-14)15-10-9-12-6-2-3-7-13(12)18-15/h4-5,8,12-13,15,18H,2-3,6-7,9-10H2,1H3,(H,19,20). The molecule has 4 rings (SSSR count). The average Bonchev–Trinajstić information content (AvgIpc) is 2.92. The fourth-order valence-electron chi connectivity index (χ4n) is 4.07. The second-order valence-electron chi connectivity index (χ2n) is 6.54. The Bertz CT molecular complexity index is 616. The molecule has 2 aliphatic rings. The van der Waals surface area contributed by atoms with Crippen LogP contribution < -0.4 is 5.32 Å². The van der Waals surface area contributed by atoms with Gasteiger partial charge < -0.3 is 10.3 Å². The highest BCUT2D eigenvalue weighted by atomic mass is 15.1. The molecular formula is C17H23N3. The molecule has 1 aliphatic heterocycles. The number of aryl methyl sites for hydroxylation is 1. The van der Waals surface area contributed by atoms with E-state index in [-0.39, 0.29) is 0 Å². The summed E-state index contributed by atoms with van der Waals surface area (Å²) in [6.45, 7) is 2.14. The van der Waals surface area contributed by atoms with E-state index < -0.39 is 0 Å². The summed E-state index contributed by atoms with van der Waals surface area (Å²) in [5.41, 5.74) is 3.57. The molecule has 3 atom stereocenters. The Kier molecular flexibility index (Phi) is 3.03. The highest BCUT2D eigenvalue weighted by Crippen LogP contribution is 2.36. The number of para-hydroxylation sites is 1. The minimum absolute atomic E-state index is 0.418. The topological polar surface area (TPSA) is 40.7 Å². The normalized spacial score (nSPS) is 30.4. The van der Waals surface area contributed by atoms with E-state index in [2.05, 4.69) is 35.4 Å². The Hall–Kier alpha value is -1.35.